The predicted octanol–water partition coefficient (Wildman–Crippen LogP) is -0.127. The van der Waals surface area contributed by atoms with Crippen molar-refractivity contribution in [2.24, 2.45) is 11.7 Å². The monoisotopic (exact) mass is 232 g/mol. The molecule has 0 fully saturated rings. The molecule has 0 saturated heterocycles. The molecule has 0 aliphatic heterocycles. The summed E-state index contributed by atoms with van der Waals surface area (Å²) in [6.07, 6.45) is 1.35. The Bertz CT molecular complexity index is 198. The first-order chi connectivity index (χ1) is 7.52. The number of amides is 1. The molecular formula is C11H24N2O3. The number of nitrogens with one attached hydrogen (secondary N) is 1. The molecule has 0 rings (SSSR count). The second-order valence-corrected chi connectivity index (χ2v) is 4.28. The predicted molar refractivity (Wildman–Crippen MR) is 62.9 cm³/mol. The van der Waals surface area contributed by atoms with Gasteiger partial charge in [-0.15, -0.1) is 0 Å². The largest absolute Gasteiger partial charge is 0.394 e. The lowest BCUT2D eigenvalue weighted by Gasteiger charge is -2.22. The molecule has 96 valence electrons. The lowest BCUT2D eigenvalue weighted by molar-refractivity contribution is -0.123. The van der Waals surface area contributed by atoms with Crippen LogP contribution in [0.4, 0.5) is 0 Å². The quantitative estimate of drug-likeness (QED) is 0.509. The van der Waals surface area contributed by atoms with Gasteiger partial charge in [0.25, 0.3) is 0 Å². The second-order valence-electron chi connectivity index (χ2n) is 4.28. The Morgan fingerprint density at radius 3 is 2.56 bits per heavy atom. The highest BCUT2D eigenvalue weighted by molar-refractivity contribution is 5.81. The van der Waals surface area contributed by atoms with Gasteiger partial charge in [0.2, 0.25) is 5.91 Å². The van der Waals surface area contributed by atoms with Crippen LogP contribution in [0.25, 0.3) is 0 Å². The van der Waals surface area contributed by atoms with E-state index in [-0.39, 0.29) is 24.5 Å². The van der Waals surface area contributed by atoms with Crippen LogP contribution in [0.5, 0.6) is 0 Å². The Morgan fingerprint density at radius 2 is 2.12 bits per heavy atom. The standard InChI is InChI=1S/C11H24N2O3/c1-8(2)10(7-14)13-11(15)9(12)5-4-6-16-3/h8-10,14H,4-7,12H2,1-3H3,(H,13,15). The summed E-state index contributed by atoms with van der Waals surface area (Å²) in [5.41, 5.74) is 5.71. The van der Waals surface area contributed by atoms with Crippen molar-refractivity contribution in [1.82, 2.24) is 5.32 Å². The molecule has 0 aliphatic carbocycles. The highest BCUT2D eigenvalue weighted by Gasteiger charge is 2.19. The van der Waals surface area contributed by atoms with Gasteiger partial charge in [-0.2, -0.15) is 0 Å². The molecule has 0 aliphatic rings. The summed E-state index contributed by atoms with van der Waals surface area (Å²) in [6, 6.07) is -0.746. The van der Waals surface area contributed by atoms with Crippen molar-refractivity contribution in [2.45, 2.75) is 38.8 Å². The molecule has 2 unspecified atom stereocenters. The summed E-state index contributed by atoms with van der Waals surface area (Å²) in [5.74, 6) is -0.0102. The number of hydrogen-bond acceptors (Lipinski definition) is 4. The van der Waals surface area contributed by atoms with E-state index in [1.54, 1.807) is 7.11 Å². The third-order valence-corrected chi connectivity index (χ3v) is 2.53. The van der Waals surface area contributed by atoms with E-state index in [1.165, 1.54) is 0 Å². The molecule has 5 heteroatoms. The van der Waals surface area contributed by atoms with Gasteiger partial charge in [-0.1, -0.05) is 13.8 Å². The number of rotatable bonds is 8. The molecule has 4 N–H and O–H groups in total. The van der Waals surface area contributed by atoms with Crippen molar-refractivity contribution in [3.05, 3.63) is 0 Å². The maximum absolute atomic E-state index is 11.6. The Kier molecular flexibility index (Phi) is 8.15. The number of aliphatic hydroxyl groups excluding tert-OH is 1. The van der Waals surface area contributed by atoms with E-state index in [2.05, 4.69) is 5.32 Å². The van der Waals surface area contributed by atoms with Crippen LogP contribution >= 0.6 is 0 Å². The molecule has 0 spiro atoms. The summed E-state index contributed by atoms with van der Waals surface area (Å²) in [6.45, 7) is 4.43. The van der Waals surface area contributed by atoms with Crippen molar-refractivity contribution >= 4 is 5.91 Å². The Balaban J connectivity index is 3.93. The van der Waals surface area contributed by atoms with Crippen LogP contribution in [0.2, 0.25) is 0 Å². The van der Waals surface area contributed by atoms with Gasteiger partial charge in [-0.25, -0.2) is 0 Å². The third-order valence-electron chi connectivity index (χ3n) is 2.53. The zero-order valence-corrected chi connectivity index (χ0v) is 10.4. The first-order valence-electron chi connectivity index (χ1n) is 5.68. The summed E-state index contributed by atoms with van der Waals surface area (Å²) in [5, 5.41) is 11.8. The smallest absolute Gasteiger partial charge is 0.237 e. The zero-order chi connectivity index (χ0) is 12.6. The minimum Gasteiger partial charge on any atom is -0.394 e. The Hall–Kier alpha value is -0.650. The van der Waals surface area contributed by atoms with Crippen LogP contribution in [-0.2, 0) is 9.53 Å². The third kappa shape index (κ3) is 6.05. The first-order valence-corrected chi connectivity index (χ1v) is 5.68. The molecule has 1 amide bonds. The van der Waals surface area contributed by atoms with E-state index in [9.17, 15) is 4.79 Å². The van der Waals surface area contributed by atoms with Crippen LogP contribution in [-0.4, -0.2) is 43.4 Å². The van der Waals surface area contributed by atoms with Crippen LogP contribution in [0, 0.1) is 5.92 Å². The van der Waals surface area contributed by atoms with Crippen LogP contribution < -0.4 is 11.1 Å². The minimum absolute atomic E-state index is 0.0613. The molecule has 16 heavy (non-hydrogen) atoms. The Morgan fingerprint density at radius 1 is 1.50 bits per heavy atom. The average Bonchev–Trinajstić information content (AvgIpc) is 2.25. The fraction of sp³-hybridized carbons (Fsp3) is 0.909. The number of ether oxygens (including phenoxy) is 1. The van der Waals surface area contributed by atoms with E-state index < -0.39 is 6.04 Å². The number of methoxy groups -OCH3 is 1. The summed E-state index contributed by atoms with van der Waals surface area (Å²) in [4.78, 5) is 11.6. The van der Waals surface area contributed by atoms with E-state index in [4.69, 9.17) is 15.6 Å². The van der Waals surface area contributed by atoms with Crippen molar-refractivity contribution < 1.29 is 14.6 Å². The van der Waals surface area contributed by atoms with Gasteiger partial charge in [-0.05, 0) is 18.8 Å². The molecule has 0 aromatic rings. The molecule has 0 aromatic heterocycles. The number of nitrogens with two attached hydrogens (primary N) is 1. The SMILES string of the molecule is COCCCC(N)C(=O)NC(CO)C(C)C. The maximum Gasteiger partial charge on any atom is 0.237 e. The van der Waals surface area contributed by atoms with Crippen LogP contribution in [0.15, 0.2) is 0 Å². The molecule has 0 bridgehead atoms. The molecule has 5 nitrogen and oxygen atoms in total. The van der Waals surface area contributed by atoms with Gasteiger partial charge in [0.05, 0.1) is 18.7 Å². The number of hydrogen-bond donors (Lipinski definition) is 3. The van der Waals surface area contributed by atoms with Crippen molar-refractivity contribution in [3.63, 3.8) is 0 Å². The van der Waals surface area contributed by atoms with E-state index in [1.807, 2.05) is 13.8 Å². The molecule has 2 atom stereocenters. The van der Waals surface area contributed by atoms with Gasteiger partial charge in [-0.3, -0.25) is 4.79 Å². The molecule has 0 radical (unpaired) electrons. The van der Waals surface area contributed by atoms with Crippen molar-refractivity contribution in [1.29, 1.82) is 0 Å². The van der Waals surface area contributed by atoms with Gasteiger partial charge < -0.3 is 20.9 Å². The maximum atomic E-state index is 11.6. The summed E-state index contributed by atoms with van der Waals surface area (Å²) >= 11 is 0. The second kappa shape index (κ2) is 8.50. The lowest BCUT2D eigenvalue weighted by Crippen LogP contribution is -2.48. The van der Waals surface area contributed by atoms with Gasteiger partial charge in [0.1, 0.15) is 0 Å². The molecule has 0 saturated carbocycles. The first kappa shape index (κ1) is 15.3. The normalized spacial score (nSPS) is 14.9. The number of carbonyl (C=O) groups excluding carboxylic acids is 1. The van der Waals surface area contributed by atoms with Gasteiger partial charge in [0, 0.05) is 13.7 Å². The van der Waals surface area contributed by atoms with E-state index in [0.29, 0.717) is 13.0 Å². The average molecular weight is 232 g/mol. The topological polar surface area (TPSA) is 84.6 Å². The summed E-state index contributed by atoms with van der Waals surface area (Å²) < 4.78 is 4.89. The van der Waals surface area contributed by atoms with Crippen molar-refractivity contribution in [3.8, 4) is 0 Å². The fourth-order valence-corrected chi connectivity index (χ4v) is 1.29. The highest BCUT2D eigenvalue weighted by Crippen LogP contribution is 2.02. The molecular weight excluding hydrogens is 208 g/mol. The van der Waals surface area contributed by atoms with Crippen LogP contribution in [0.3, 0.4) is 0 Å². The summed E-state index contributed by atoms with van der Waals surface area (Å²) in [7, 11) is 1.62. The number of carbonyl (C=O) groups is 1. The lowest BCUT2D eigenvalue weighted by atomic mass is 10.0. The van der Waals surface area contributed by atoms with E-state index >= 15 is 0 Å². The Labute approximate surface area is 97.3 Å². The molecule has 0 aromatic carbocycles. The van der Waals surface area contributed by atoms with Crippen LogP contribution in [0.1, 0.15) is 26.7 Å². The van der Waals surface area contributed by atoms with Crippen molar-refractivity contribution in [2.75, 3.05) is 20.3 Å². The fourth-order valence-electron chi connectivity index (χ4n) is 1.29. The molecule has 0 heterocycles. The minimum atomic E-state index is -0.525. The highest BCUT2D eigenvalue weighted by atomic mass is 16.5. The van der Waals surface area contributed by atoms with Gasteiger partial charge >= 0.3 is 0 Å². The van der Waals surface area contributed by atoms with E-state index in [0.717, 1.165) is 6.42 Å². The zero-order valence-electron chi connectivity index (χ0n) is 10.4. The van der Waals surface area contributed by atoms with Gasteiger partial charge in [0.15, 0.2) is 0 Å². The number of aliphatic hydroxyl groups is 1.